The maximum absolute atomic E-state index is 12.6. The number of hydrogen-bond acceptors (Lipinski definition) is 6. The summed E-state index contributed by atoms with van der Waals surface area (Å²) in [7, 11) is 0. The first-order valence-corrected chi connectivity index (χ1v) is 10.6. The zero-order valence-corrected chi connectivity index (χ0v) is 18.4. The minimum Gasteiger partial charge on any atom is -0.490 e. The SMILES string of the molecule is Cc1cc(OC[C@H]2C[C@H](OCc3ccccc3)CN2C(=O)O)c2c(c1)OC(C)(C)OC2=O. The van der Waals surface area contributed by atoms with Crippen molar-refractivity contribution in [3.8, 4) is 11.5 Å². The third-order valence-electron chi connectivity index (χ3n) is 5.49. The third kappa shape index (κ3) is 4.80. The van der Waals surface area contributed by atoms with Gasteiger partial charge in [0.25, 0.3) is 0 Å². The molecule has 1 saturated heterocycles. The third-order valence-corrected chi connectivity index (χ3v) is 5.49. The molecule has 2 aliphatic heterocycles. The van der Waals surface area contributed by atoms with Crippen LogP contribution in [0.15, 0.2) is 42.5 Å². The van der Waals surface area contributed by atoms with Crippen molar-refractivity contribution in [1.29, 1.82) is 0 Å². The largest absolute Gasteiger partial charge is 0.490 e. The number of carbonyl (C=O) groups is 2. The van der Waals surface area contributed by atoms with E-state index in [1.165, 1.54) is 4.90 Å². The summed E-state index contributed by atoms with van der Waals surface area (Å²) in [6.07, 6.45) is -0.762. The van der Waals surface area contributed by atoms with E-state index < -0.39 is 23.9 Å². The Morgan fingerprint density at radius 3 is 2.69 bits per heavy atom. The molecule has 0 bridgehead atoms. The number of ether oxygens (including phenoxy) is 4. The number of carboxylic acid groups (broad SMARTS) is 1. The Balaban J connectivity index is 1.45. The van der Waals surface area contributed by atoms with Gasteiger partial charge < -0.3 is 24.1 Å². The number of cyclic esters (lactones) is 1. The summed E-state index contributed by atoms with van der Waals surface area (Å²) >= 11 is 0. The van der Waals surface area contributed by atoms with Crippen molar-refractivity contribution in [3.63, 3.8) is 0 Å². The van der Waals surface area contributed by atoms with Gasteiger partial charge in [0.15, 0.2) is 0 Å². The minimum atomic E-state index is -1.07. The lowest BCUT2D eigenvalue weighted by Gasteiger charge is -2.32. The normalized spacial score (nSPS) is 21.5. The van der Waals surface area contributed by atoms with Gasteiger partial charge in [0.2, 0.25) is 5.79 Å². The topological polar surface area (TPSA) is 94.5 Å². The second-order valence-electron chi connectivity index (χ2n) is 8.58. The summed E-state index contributed by atoms with van der Waals surface area (Å²) < 4.78 is 23.0. The number of benzene rings is 2. The Morgan fingerprint density at radius 2 is 1.97 bits per heavy atom. The smallest absolute Gasteiger partial charge is 0.407 e. The number of fused-ring (bicyclic) bond motifs is 1. The van der Waals surface area contributed by atoms with Crippen molar-refractivity contribution in [2.24, 2.45) is 0 Å². The average Bonchev–Trinajstić information content (AvgIpc) is 3.13. The monoisotopic (exact) mass is 441 g/mol. The number of likely N-dealkylation sites (tertiary alicyclic amines) is 1. The summed E-state index contributed by atoms with van der Waals surface area (Å²) in [5.41, 5.74) is 2.10. The molecule has 0 radical (unpaired) electrons. The Bertz CT molecular complexity index is 1000. The lowest BCUT2D eigenvalue weighted by molar-refractivity contribution is -0.127. The van der Waals surface area contributed by atoms with E-state index in [0.717, 1.165) is 11.1 Å². The van der Waals surface area contributed by atoms with Gasteiger partial charge in [-0.25, -0.2) is 9.59 Å². The molecule has 8 nitrogen and oxygen atoms in total. The highest BCUT2D eigenvalue weighted by molar-refractivity contribution is 5.96. The van der Waals surface area contributed by atoms with Gasteiger partial charge in [-0.2, -0.15) is 0 Å². The summed E-state index contributed by atoms with van der Waals surface area (Å²) in [5.74, 6) is -0.882. The molecule has 2 aliphatic rings. The molecule has 0 spiro atoms. The van der Waals surface area contributed by atoms with Crippen molar-refractivity contribution in [1.82, 2.24) is 4.90 Å². The second-order valence-corrected chi connectivity index (χ2v) is 8.58. The van der Waals surface area contributed by atoms with Crippen molar-refractivity contribution >= 4 is 12.1 Å². The van der Waals surface area contributed by atoms with E-state index in [2.05, 4.69) is 0 Å². The van der Waals surface area contributed by atoms with Crippen LogP contribution in [0.2, 0.25) is 0 Å². The molecule has 2 heterocycles. The number of amides is 1. The Kier molecular flexibility index (Phi) is 5.97. The van der Waals surface area contributed by atoms with Crippen LogP contribution in [0.25, 0.3) is 0 Å². The maximum atomic E-state index is 12.6. The molecule has 1 N–H and O–H groups in total. The molecule has 1 amide bonds. The van der Waals surface area contributed by atoms with E-state index in [1.54, 1.807) is 26.0 Å². The van der Waals surface area contributed by atoms with Crippen LogP contribution < -0.4 is 9.47 Å². The molecule has 1 fully saturated rings. The summed E-state index contributed by atoms with van der Waals surface area (Å²) in [5, 5.41) is 9.64. The number of nitrogens with zero attached hydrogens (tertiary/aromatic N) is 1. The first-order chi connectivity index (χ1) is 15.2. The van der Waals surface area contributed by atoms with Gasteiger partial charge in [-0.3, -0.25) is 4.90 Å². The van der Waals surface area contributed by atoms with Crippen molar-refractivity contribution < 1.29 is 33.6 Å². The van der Waals surface area contributed by atoms with Gasteiger partial charge in [0, 0.05) is 13.8 Å². The van der Waals surface area contributed by atoms with Gasteiger partial charge >= 0.3 is 12.1 Å². The van der Waals surface area contributed by atoms with E-state index >= 15 is 0 Å². The number of hydrogen-bond donors (Lipinski definition) is 1. The highest BCUT2D eigenvalue weighted by Crippen LogP contribution is 2.38. The molecule has 170 valence electrons. The van der Waals surface area contributed by atoms with E-state index in [4.69, 9.17) is 18.9 Å². The highest BCUT2D eigenvalue weighted by atomic mass is 16.7. The molecule has 0 unspecified atom stereocenters. The Hall–Kier alpha value is -3.26. The first kappa shape index (κ1) is 22.0. The Morgan fingerprint density at radius 1 is 1.22 bits per heavy atom. The molecule has 32 heavy (non-hydrogen) atoms. The molecular formula is C24H27NO7. The van der Waals surface area contributed by atoms with E-state index in [0.29, 0.717) is 24.5 Å². The Labute approximate surface area is 186 Å². The van der Waals surface area contributed by atoms with Crippen LogP contribution in [-0.2, 0) is 16.1 Å². The van der Waals surface area contributed by atoms with Crippen LogP contribution >= 0.6 is 0 Å². The molecule has 0 saturated carbocycles. The van der Waals surface area contributed by atoms with E-state index in [9.17, 15) is 14.7 Å². The van der Waals surface area contributed by atoms with Gasteiger partial charge in [0.05, 0.1) is 25.3 Å². The second kappa shape index (κ2) is 8.70. The number of carbonyl (C=O) groups excluding carboxylic acids is 1. The fourth-order valence-electron chi connectivity index (χ4n) is 4.04. The van der Waals surface area contributed by atoms with Gasteiger partial charge in [0.1, 0.15) is 23.7 Å². The van der Waals surface area contributed by atoms with Crippen LogP contribution in [0.1, 0.15) is 41.8 Å². The number of esters is 1. The standard InChI is InChI=1S/C24H27NO7/c1-15-9-19(21-20(10-15)31-24(2,3)32-22(21)26)30-14-17-11-18(12-25(17)23(27)28)29-13-16-7-5-4-6-8-16/h4-10,17-18H,11-14H2,1-3H3,(H,27,28)/t17-,18+/m1/s1. The lowest BCUT2D eigenvalue weighted by Crippen LogP contribution is -2.40. The molecule has 0 aromatic heterocycles. The van der Waals surface area contributed by atoms with Gasteiger partial charge in [-0.05, 0) is 36.6 Å². The zero-order valence-electron chi connectivity index (χ0n) is 18.4. The van der Waals surface area contributed by atoms with Gasteiger partial charge in [-0.1, -0.05) is 30.3 Å². The highest BCUT2D eigenvalue weighted by Gasteiger charge is 2.39. The van der Waals surface area contributed by atoms with Crippen LogP contribution in [0.4, 0.5) is 4.79 Å². The summed E-state index contributed by atoms with van der Waals surface area (Å²) in [6, 6.07) is 12.8. The molecule has 8 heteroatoms. The minimum absolute atomic E-state index is 0.0874. The molecule has 2 aromatic carbocycles. The number of aryl methyl sites for hydroxylation is 1. The van der Waals surface area contributed by atoms with Crippen LogP contribution in [0.3, 0.4) is 0 Å². The number of rotatable bonds is 6. The fourth-order valence-corrected chi connectivity index (χ4v) is 4.04. The van der Waals surface area contributed by atoms with E-state index in [1.807, 2.05) is 37.3 Å². The van der Waals surface area contributed by atoms with Crippen molar-refractivity contribution in [3.05, 3.63) is 59.2 Å². The predicted octanol–water partition coefficient (Wildman–Crippen LogP) is 4.00. The molecule has 0 aliphatic carbocycles. The predicted molar refractivity (Wildman–Crippen MR) is 115 cm³/mol. The lowest BCUT2D eigenvalue weighted by atomic mass is 10.1. The van der Waals surface area contributed by atoms with Gasteiger partial charge in [-0.15, -0.1) is 0 Å². The van der Waals surface area contributed by atoms with Crippen LogP contribution in [-0.4, -0.2) is 53.2 Å². The molecule has 4 rings (SSSR count). The van der Waals surface area contributed by atoms with Crippen molar-refractivity contribution in [2.75, 3.05) is 13.2 Å². The zero-order chi connectivity index (χ0) is 22.9. The molecule has 2 aromatic rings. The van der Waals surface area contributed by atoms with E-state index in [-0.39, 0.29) is 24.8 Å². The quantitative estimate of drug-likeness (QED) is 0.677. The first-order valence-electron chi connectivity index (χ1n) is 10.6. The van der Waals surface area contributed by atoms with Crippen LogP contribution in [0, 0.1) is 6.92 Å². The van der Waals surface area contributed by atoms with Crippen molar-refractivity contribution in [2.45, 2.75) is 51.7 Å². The molecular weight excluding hydrogens is 414 g/mol. The molecule has 2 atom stereocenters. The van der Waals surface area contributed by atoms with Crippen LogP contribution in [0.5, 0.6) is 11.5 Å². The maximum Gasteiger partial charge on any atom is 0.407 e. The average molecular weight is 441 g/mol. The summed E-state index contributed by atoms with van der Waals surface area (Å²) in [6.45, 7) is 5.96. The summed E-state index contributed by atoms with van der Waals surface area (Å²) in [4.78, 5) is 25.7. The fraction of sp³-hybridized carbons (Fsp3) is 0.417.